The topological polar surface area (TPSA) is 26.5 Å². The lowest BCUT2D eigenvalue weighted by Gasteiger charge is -2.05. The first-order chi connectivity index (χ1) is 9.86. The summed E-state index contributed by atoms with van der Waals surface area (Å²) in [5, 5.41) is 0. The van der Waals surface area contributed by atoms with Crippen molar-refractivity contribution in [2.24, 2.45) is 0 Å². The van der Waals surface area contributed by atoms with Gasteiger partial charge in [-0.25, -0.2) is 4.98 Å². The van der Waals surface area contributed by atoms with Crippen LogP contribution in [0.3, 0.4) is 0 Å². The zero-order chi connectivity index (χ0) is 13.8. The Hall–Kier alpha value is -1.56. The number of benzene rings is 1. The largest absolute Gasteiger partial charge is 0.494 e. The van der Waals surface area contributed by atoms with Crippen molar-refractivity contribution >= 4 is 29.6 Å². The number of fused-ring (bicyclic) bond motifs is 1. The van der Waals surface area contributed by atoms with E-state index in [0.29, 0.717) is 0 Å². The summed E-state index contributed by atoms with van der Waals surface area (Å²) in [6.45, 7) is 2.94. The van der Waals surface area contributed by atoms with Gasteiger partial charge in [0.25, 0.3) is 0 Å². The van der Waals surface area contributed by atoms with Crippen molar-refractivity contribution in [3.63, 3.8) is 0 Å². The van der Waals surface area contributed by atoms with E-state index in [1.807, 2.05) is 47.1 Å². The molecule has 0 spiro atoms. The van der Waals surface area contributed by atoms with Crippen LogP contribution in [0.1, 0.15) is 19.8 Å². The van der Waals surface area contributed by atoms with Gasteiger partial charge >= 0.3 is 0 Å². The number of unbranched alkanes of at least 4 members (excludes halogenated alkanes) is 1. The minimum absolute atomic E-state index is 0. The molecule has 0 radical (unpaired) electrons. The molecule has 110 valence electrons. The second-order valence-corrected chi connectivity index (χ2v) is 4.82. The van der Waals surface area contributed by atoms with Crippen molar-refractivity contribution < 1.29 is 4.74 Å². The number of pyridine rings is 1. The fraction of sp³-hybridized carbons (Fsp3) is 0.235. The molecule has 3 aromatic rings. The highest BCUT2D eigenvalue weighted by Crippen LogP contribution is 2.22. The van der Waals surface area contributed by atoms with Gasteiger partial charge in [0.15, 0.2) is 0 Å². The highest BCUT2D eigenvalue weighted by Gasteiger charge is 2.04. The Balaban J connectivity index is 0.00000161. The van der Waals surface area contributed by atoms with Gasteiger partial charge in [-0.1, -0.05) is 19.4 Å². The van der Waals surface area contributed by atoms with Gasteiger partial charge in [0, 0.05) is 18.0 Å². The molecule has 0 aliphatic heterocycles. The maximum atomic E-state index is 5.67. The van der Waals surface area contributed by atoms with Crippen molar-refractivity contribution in [1.82, 2.24) is 9.38 Å². The van der Waals surface area contributed by atoms with Crippen molar-refractivity contribution in [2.75, 3.05) is 6.61 Å². The number of hydrogen-bond acceptors (Lipinski definition) is 2. The van der Waals surface area contributed by atoms with E-state index in [4.69, 9.17) is 4.74 Å². The Morgan fingerprint density at radius 1 is 1.10 bits per heavy atom. The highest BCUT2D eigenvalue weighted by molar-refractivity contribution is 14.0. The van der Waals surface area contributed by atoms with Gasteiger partial charge in [0.1, 0.15) is 11.4 Å². The molecule has 0 aliphatic carbocycles. The lowest BCUT2D eigenvalue weighted by Crippen LogP contribution is -1.95. The molecule has 0 N–H and O–H groups in total. The Labute approximate surface area is 142 Å². The van der Waals surface area contributed by atoms with E-state index in [0.717, 1.165) is 42.1 Å². The molecular formula is C17H19IN2O. The quantitative estimate of drug-likeness (QED) is 0.459. The Kier molecular flexibility index (Phi) is 5.61. The van der Waals surface area contributed by atoms with Crippen molar-refractivity contribution in [1.29, 1.82) is 0 Å². The van der Waals surface area contributed by atoms with Crippen LogP contribution in [0, 0.1) is 0 Å². The third kappa shape index (κ3) is 3.75. The number of nitrogens with zero attached hydrogens (tertiary/aromatic N) is 2. The molecule has 0 saturated carbocycles. The van der Waals surface area contributed by atoms with Gasteiger partial charge in [-0.2, -0.15) is 0 Å². The predicted molar refractivity (Wildman–Crippen MR) is 96.4 cm³/mol. The van der Waals surface area contributed by atoms with Gasteiger partial charge in [0.05, 0.1) is 12.3 Å². The zero-order valence-corrected chi connectivity index (χ0v) is 14.4. The molecule has 4 heteroatoms. The summed E-state index contributed by atoms with van der Waals surface area (Å²) in [5.74, 6) is 0.922. The molecule has 1 aromatic carbocycles. The zero-order valence-electron chi connectivity index (χ0n) is 12.0. The van der Waals surface area contributed by atoms with Gasteiger partial charge < -0.3 is 9.14 Å². The van der Waals surface area contributed by atoms with Gasteiger partial charge in [0.2, 0.25) is 0 Å². The van der Waals surface area contributed by atoms with E-state index in [2.05, 4.69) is 24.0 Å². The summed E-state index contributed by atoms with van der Waals surface area (Å²) >= 11 is 0. The SMILES string of the molecule is CCCCOc1ccc(-c2cn3ccccc3n2)cc1.I. The summed E-state index contributed by atoms with van der Waals surface area (Å²) in [6.07, 6.45) is 6.30. The summed E-state index contributed by atoms with van der Waals surface area (Å²) in [5.41, 5.74) is 3.05. The first kappa shape index (κ1) is 15.8. The maximum Gasteiger partial charge on any atom is 0.137 e. The first-order valence-electron chi connectivity index (χ1n) is 7.04. The van der Waals surface area contributed by atoms with Crippen LogP contribution in [0.25, 0.3) is 16.9 Å². The van der Waals surface area contributed by atoms with Crippen LogP contribution >= 0.6 is 24.0 Å². The van der Waals surface area contributed by atoms with E-state index < -0.39 is 0 Å². The average Bonchev–Trinajstić information content (AvgIpc) is 2.92. The number of aromatic nitrogens is 2. The number of hydrogen-bond donors (Lipinski definition) is 0. The molecule has 0 amide bonds. The van der Waals surface area contributed by atoms with Crippen molar-refractivity contribution in [3.8, 4) is 17.0 Å². The van der Waals surface area contributed by atoms with Gasteiger partial charge in [-0.3, -0.25) is 0 Å². The molecule has 0 aliphatic rings. The third-order valence-electron chi connectivity index (χ3n) is 3.28. The van der Waals surface area contributed by atoms with Crippen LogP contribution in [0.5, 0.6) is 5.75 Å². The second-order valence-electron chi connectivity index (χ2n) is 4.82. The Morgan fingerprint density at radius 2 is 1.90 bits per heavy atom. The number of halogens is 1. The third-order valence-corrected chi connectivity index (χ3v) is 3.28. The van der Waals surface area contributed by atoms with Crippen LogP contribution in [0.4, 0.5) is 0 Å². The van der Waals surface area contributed by atoms with Crippen LogP contribution in [-0.2, 0) is 0 Å². The maximum absolute atomic E-state index is 5.67. The number of ether oxygens (including phenoxy) is 1. The molecule has 0 fully saturated rings. The molecule has 3 nitrogen and oxygen atoms in total. The lowest BCUT2D eigenvalue weighted by atomic mass is 10.2. The van der Waals surface area contributed by atoms with Gasteiger partial charge in [-0.05, 0) is 42.8 Å². The summed E-state index contributed by atoms with van der Waals surface area (Å²) < 4.78 is 7.70. The van der Waals surface area contributed by atoms with E-state index in [9.17, 15) is 0 Å². The fourth-order valence-electron chi connectivity index (χ4n) is 2.13. The summed E-state index contributed by atoms with van der Waals surface area (Å²) in [7, 11) is 0. The molecule has 21 heavy (non-hydrogen) atoms. The van der Waals surface area contributed by atoms with Crippen LogP contribution in [0.2, 0.25) is 0 Å². The van der Waals surface area contributed by atoms with Crippen LogP contribution in [0.15, 0.2) is 54.9 Å². The van der Waals surface area contributed by atoms with E-state index in [-0.39, 0.29) is 24.0 Å². The second kappa shape index (κ2) is 7.45. The summed E-state index contributed by atoms with van der Waals surface area (Å²) in [4.78, 5) is 4.61. The molecule has 0 saturated heterocycles. The highest BCUT2D eigenvalue weighted by atomic mass is 127. The smallest absolute Gasteiger partial charge is 0.137 e. The number of imidazole rings is 1. The minimum atomic E-state index is 0. The monoisotopic (exact) mass is 394 g/mol. The van der Waals surface area contributed by atoms with Crippen LogP contribution < -0.4 is 4.74 Å². The average molecular weight is 394 g/mol. The first-order valence-corrected chi connectivity index (χ1v) is 7.04. The standard InChI is InChI=1S/C17H18N2O.HI/c1-2-3-12-20-15-9-7-14(8-10-15)16-13-19-11-5-4-6-17(19)18-16;/h4-11,13H,2-3,12H2,1H3;1H. The van der Waals surface area contributed by atoms with Crippen molar-refractivity contribution in [2.45, 2.75) is 19.8 Å². The molecule has 2 aromatic heterocycles. The predicted octanol–water partition coefficient (Wildman–Crippen LogP) is 4.80. The van der Waals surface area contributed by atoms with Crippen LogP contribution in [-0.4, -0.2) is 16.0 Å². The molecule has 0 atom stereocenters. The molecule has 2 heterocycles. The molecular weight excluding hydrogens is 375 g/mol. The normalized spacial score (nSPS) is 10.3. The Morgan fingerprint density at radius 3 is 2.62 bits per heavy atom. The van der Waals surface area contributed by atoms with E-state index in [1.54, 1.807) is 0 Å². The fourth-order valence-corrected chi connectivity index (χ4v) is 2.13. The number of rotatable bonds is 5. The van der Waals surface area contributed by atoms with Crippen molar-refractivity contribution in [3.05, 3.63) is 54.9 Å². The molecule has 0 unspecified atom stereocenters. The van der Waals surface area contributed by atoms with Gasteiger partial charge in [-0.15, -0.1) is 24.0 Å². The van der Waals surface area contributed by atoms with E-state index in [1.165, 1.54) is 0 Å². The Bertz CT molecular complexity index is 658. The summed E-state index contributed by atoms with van der Waals surface area (Å²) in [6, 6.07) is 14.1. The molecule has 3 rings (SSSR count). The lowest BCUT2D eigenvalue weighted by molar-refractivity contribution is 0.309. The van der Waals surface area contributed by atoms with E-state index >= 15 is 0 Å². The minimum Gasteiger partial charge on any atom is -0.494 e. The molecule has 0 bridgehead atoms.